The number of benzene rings is 3. The maximum absolute atomic E-state index is 13.9. The van der Waals surface area contributed by atoms with E-state index in [1.165, 1.54) is 0 Å². The van der Waals surface area contributed by atoms with Crippen LogP contribution in [0, 0.1) is 16.7 Å². The van der Waals surface area contributed by atoms with E-state index in [1.54, 1.807) is 30.3 Å². The van der Waals surface area contributed by atoms with Crippen LogP contribution in [0.15, 0.2) is 60.7 Å². The molecule has 0 radical (unpaired) electrons. The smallest absolute Gasteiger partial charge is 0.262 e. The molecular formula is C45H48ClN7O6. The van der Waals surface area contributed by atoms with Gasteiger partial charge in [-0.15, -0.1) is 0 Å². The summed E-state index contributed by atoms with van der Waals surface area (Å²) in [7, 11) is 0. The van der Waals surface area contributed by atoms with Crippen molar-refractivity contribution in [2.45, 2.75) is 89.1 Å². The van der Waals surface area contributed by atoms with Crippen molar-refractivity contribution in [1.82, 2.24) is 20.0 Å². The first-order chi connectivity index (χ1) is 28.4. The molecule has 6 aliphatic heterocycles. The number of amides is 5. The van der Waals surface area contributed by atoms with Crippen molar-refractivity contribution in [2.24, 2.45) is 5.41 Å². The molecule has 1 spiro atoms. The summed E-state index contributed by atoms with van der Waals surface area (Å²) < 4.78 is 6.14. The fraction of sp³-hybridized carbons (Fsp3) is 0.467. The second-order valence-electron chi connectivity index (χ2n) is 17.4. The van der Waals surface area contributed by atoms with Crippen LogP contribution in [0.5, 0.6) is 5.75 Å². The Hall–Kier alpha value is -5.45. The molecular weight excluding hydrogens is 770 g/mol. The summed E-state index contributed by atoms with van der Waals surface area (Å²) in [6, 6.07) is 20.4. The first kappa shape index (κ1) is 39.0. The van der Waals surface area contributed by atoms with E-state index in [0.29, 0.717) is 50.9 Å². The predicted octanol–water partition coefficient (Wildman–Crippen LogP) is 5.25. The number of carbonyl (C=O) groups is 5. The molecule has 13 nitrogen and oxygen atoms in total. The number of piperidine rings is 2. The Morgan fingerprint density at radius 1 is 0.881 bits per heavy atom. The zero-order chi connectivity index (χ0) is 41.2. The van der Waals surface area contributed by atoms with Crippen molar-refractivity contribution in [1.29, 1.82) is 5.26 Å². The van der Waals surface area contributed by atoms with E-state index in [9.17, 15) is 29.2 Å². The van der Waals surface area contributed by atoms with Gasteiger partial charge in [0.25, 0.3) is 17.7 Å². The number of hydrogen-bond acceptors (Lipinski definition) is 10. The summed E-state index contributed by atoms with van der Waals surface area (Å²) in [6.45, 7) is 9.97. The average Bonchev–Trinajstić information content (AvgIpc) is 3.67. The third-order valence-electron chi connectivity index (χ3n) is 13.4. The van der Waals surface area contributed by atoms with Crippen molar-refractivity contribution in [3.05, 3.63) is 87.9 Å². The van der Waals surface area contributed by atoms with Crippen molar-refractivity contribution < 1.29 is 28.7 Å². The maximum Gasteiger partial charge on any atom is 0.262 e. The molecule has 5 fully saturated rings. The predicted molar refractivity (Wildman–Crippen MR) is 221 cm³/mol. The minimum Gasteiger partial charge on any atom is -0.491 e. The van der Waals surface area contributed by atoms with Crippen LogP contribution in [0.2, 0.25) is 5.02 Å². The van der Waals surface area contributed by atoms with E-state index >= 15 is 0 Å². The SMILES string of the molecule is CC(CC1CCC(C)N1C(=O)c1ccc(N2CC3(C2)CN(C2CCN(c4ccc5c(c4)C(=O)N(C4CCC(=O)NC4=O)C5=O)CC2)C3)cc1)Oc1ccc(C#N)c(Cl)c1. The lowest BCUT2D eigenvalue weighted by atomic mass is 9.71. The van der Waals surface area contributed by atoms with Gasteiger partial charge in [-0.05, 0) is 101 Å². The molecule has 4 atom stereocenters. The summed E-state index contributed by atoms with van der Waals surface area (Å²) in [6.07, 6.45) is 4.69. The van der Waals surface area contributed by atoms with Gasteiger partial charge in [0.05, 0.1) is 27.8 Å². The number of halogens is 1. The molecule has 4 unspecified atom stereocenters. The van der Waals surface area contributed by atoms with E-state index in [-0.39, 0.29) is 42.8 Å². The van der Waals surface area contributed by atoms with Crippen LogP contribution in [0.3, 0.4) is 0 Å². The van der Waals surface area contributed by atoms with Crippen LogP contribution >= 0.6 is 11.6 Å². The van der Waals surface area contributed by atoms with Gasteiger partial charge in [-0.25, -0.2) is 0 Å². The summed E-state index contributed by atoms with van der Waals surface area (Å²) in [5, 5.41) is 11.8. The normalized spacial score (nSPS) is 24.7. The van der Waals surface area contributed by atoms with Crippen molar-refractivity contribution in [3.8, 4) is 11.8 Å². The molecule has 5 amide bonds. The molecule has 3 aromatic rings. The molecule has 9 rings (SSSR count). The highest BCUT2D eigenvalue weighted by Gasteiger charge is 2.53. The van der Waals surface area contributed by atoms with Gasteiger partial charge in [0.15, 0.2) is 0 Å². The van der Waals surface area contributed by atoms with Crippen LogP contribution < -0.4 is 19.9 Å². The Bertz CT molecular complexity index is 2250. The third-order valence-corrected chi connectivity index (χ3v) is 13.7. The largest absolute Gasteiger partial charge is 0.491 e. The fourth-order valence-corrected chi connectivity index (χ4v) is 10.5. The van der Waals surface area contributed by atoms with Crippen LogP contribution in [-0.2, 0) is 9.59 Å². The lowest BCUT2D eigenvalue weighted by molar-refractivity contribution is -0.136. The maximum atomic E-state index is 13.9. The van der Waals surface area contributed by atoms with Crippen molar-refractivity contribution in [3.63, 3.8) is 0 Å². The monoisotopic (exact) mass is 817 g/mol. The van der Waals surface area contributed by atoms with Crippen LogP contribution in [-0.4, -0.2) is 114 Å². The second-order valence-corrected chi connectivity index (χ2v) is 17.8. The quantitative estimate of drug-likeness (QED) is 0.284. The minimum atomic E-state index is -0.970. The van der Waals surface area contributed by atoms with Gasteiger partial charge in [-0.3, -0.25) is 39.1 Å². The molecule has 3 aromatic carbocycles. The van der Waals surface area contributed by atoms with Gasteiger partial charge >= 0.3 is 0 Å². The van der Waals surface area contributed by atoms with Crippen LogP contribution in [0.1, 0.15) is 95.4 Å². The Balaban J connectivity index is 0.737. The topological polar surface area (TPSA) is 147 Å². The number of imide groups is 2. The molecule has 0 saturated carbocycles. The zero-order valence-corrected chi connectivity index (χ0v) is 34.1. The number of carbonyl (C=O) groups excluding carboxylic acids is 5. The van der Waals surface area contributed by atoms with Gasteiger partial charge in [0, 0.05) is 98.7 Å². The Morgan fingerprint density at radius 3 is 2.29 bits per heavy atom. The number of nitrogens with zero attached hydrogens (tertiary/aromatic N) is 6. The molecule has 59 heavy (non-hydrogen) atoms. The molecule has 306 valence electrons. The molecule has 0 aliphatic carbocycles. The lowest BCUT2D eigenvalue weighted by Gasteiger charge is -2.63. The van der Waals surface area contributed by atoms with Gasteiger partial charge in [0.2, 0.25) is 11.8 Å². The summed E-state index contributed by atoms with van der Waals surface area (Å²) in [5.41, 5.74) is 4.07. The third kappa shape index (κ3) is 7.20. The number of rotatable bonds is 9. The summed E-state index contributed by atoms with van der Waals surface area (Å²) in [4.78, 5) is 74.8. The highest BCUT2D eigenvalue weighted by atomic mass is 35.5. The number of ether oxygens (including phenoxy) is 1. The fourth-order valence-electron chi connectivity index (χ4n) is 10.3. The summed E-state index contributed by atoms with van der Waals surface area (Å²) in [5.74, 6) is -1.29. The number of likely N-dealkylation sites (tertiary alicyclic amines) is 2. The van der Waals surface area contributed by atoms with Crippen LogP contribution in [0.25, 0.3) is 0 Å². The van der Waals surface area contributed by atoms with Gasteiger partial charge < -0.3 is 19.4 Å². The number of nitrogens with one attached hydrogen (secondary N) is 1. The average molecular weight is 818 g/mol. The van der Waals surface area contributed by atoms with E-state index in [1.807, 2.05) is 30.0 Å². The van der Waals surface area contributed by atoms with Gasteiger partial charge in [-0.1, -0.05) is 11.6 Å². The lowest BCUT2D eigenvalue weighted by Crippen LogP contribution is -2.74. The zero-order valence-electron chi connectivity index (χ0n) is 33.4. The number of fused-ring (bicyclic) bond motifs is 1. The Labute approximate surface area is 348 Å². The minimum absolute atomic E-state index is 0.0529. The van der Waals surface area contributed by atoms with Crippen molar-refractivity contribution >= 4 is 52.5 Å². The highest BCUT2D eigenvalue weighted by molar-refractivity contribution is 6.31. The van der Waals surface area contributed by atoms with E-state index in [0.717, 1.165) is 81.2 Å². The molecule has 6 heterocycles. The molecule has 0 aromatic heterocycles. The number of hydrogen-bond donors (Lipinski definition) is 1. The number of anilines is 2. The first-order valence-corrected chi connectivity index (χ1v) is 21.2. The van der Waals surface area contributed by atoms with E-state index in [2.05, 4.69) is 45.1 Å². The molecule has 6 aliphatic rings. The first-order valence-electron chi connectivity index (χ1n) is 20.8. The standard InChI is InChI=1S/C45H48ClN7O6/c1-27-3-7-34(19-28(2)59-35-11-6-30(22-47)38(46)21-35)52(27)42(56)29-4-8-31(9-5-29)50-23-45(24-50)25-51(26-45)32-15-17-49(18-16-32)33-10-12-36-37(20-33)44(58)53(43(36)57)39-13-14-40(54)48-41(39)55/h4-6,8-12,20-21,27-28,32,34,39H,3,7,13-19,23-26H2,1-2H3,(H,48,54,55). The molecule has 5 saturated heterocycles. The van der Waals surface area contributed by atoms with E-state index < -0.39 is 23.8 Å². The molecule has 14 heteroatoms. The summed E-state index contributed by atoms with van der Waals surface area (Å²) >= 11 is 6.21. The highest BCUT2D eigenvalue weighted by Crippen LogP contribution is 2.44. The van der Waals surface area contributed by atoms with Gasteiger partial charge in [-0.2, -0.15) is 5.26 Å². The van der Waals surface area contributed by atoms with Crippen LogP contribution in [0.4, 0.5) is 11.4 Å². The van der Waals surface area contributed by atoms with E-state index in [4.69, 9.17) is 16.3 Å². The Kier molecular flexibility index (Phi) is 10.1. The molecule has 0 bridgehead atoms. The molecule has 1 N–H and O–H groups in total. The second kappa shape index (κ2) is 15.3. The number of nitriles is 1. The van der Waals surface area contributed by atoms with Gasteiger partial charge in [0.1, 0.15) is 17.9 Å². The van der Waals surface area contributed by atoms with Crippen molar-refractivity contribution in [2.75, 3.05) is 49.1 Å². The Morgan fingerprint density at radius 2 is 1.59 bits per heavy atom.